The molecule has 2 aromatic carbocycles. The number of rotatable bonds is 15. The Labute approximate surface area is 252 Å². The molecule has 0 spiro atoms. The Hall–Kier alpha value is -5.50. The predicted molar refractivity (Wildman–Crippen MR) is 158 cm³/mol. The first-order valence-electron chi connectivity index (χ1n) is 13.8. The van der Waals surface area contributed by atoms with Crippen LogP contribution in [0.25, 0.3) is 0 Å². The minimum atomic E-state index is -1.32. The summed E-state index contributed by atoms with van der Waals surface area (Å²) in [6.07, 6.45) is 6.11. The molecule has 0 aliphatic rings. The van der Waals surface area contributed by atoms with Crippen molar-refractivity contribution in [2.75, 3.05) is 0 Å². The lowest BCUT2D eigenvalue weighted by Gasteiger charge is -2.25. The molecule has 2 aromatic heterocycles. The molecule has 0 bridgehead atoms. The van der Waals surface area contributed by atoms with E-state index in [2.05, 4.69) is 35.9 Å². The van der Waals surface area contributed by atoms with Gasteiger partial charge in [0.15, 0.2) is 0 Å². The summed E-state index contributed by atoms with van der Waals surface area (Å²) >= 11 is 0. The van der Waals surface area contributed by atoms with Crippen LogP contribution in [-0.4, -0.2) is 78.0 Å². The van der Waals surface area contributed by atoms with Crippen LogP contribution in [0.1, 0.15) is 22.5 Å². The first kappa shape index (κ1) is 31.4. The summed E-state index contributed by atoms with van der Waals surface area (Å²) in [5.74, 6) is -3.25. The van der Waals surface area contributed by atoms with Crippen LogP contribution in [-0.2, 0) is 44.9 Å². The van der Waals surface area contributed by atoms with Crippen molar-refractivity contribution in [3.63, 3.8) is 0 Å². The molecule has 4 rings (SSSR count). The van der Waals surface area contributed by atoms with Crippen molar-refractivity contribution < 1.29 is 29.4 Å². The van der Waals surface area contributed by atoms with E-state index in [4.69, 9.17) is 5.73 Å². The van der Waals surface area contributed by atoms with Crippen LogP contribution in [0.2, 0.25) is 0 Å². The molecule has 0 aliphatic carbocycles. The maximum atomic E-state index is 13.7. The lowest BCUT2D eigenvalue weighted by molar-refractivity contribution is -0.142. The van der Waals surface area contributed by atoms with Gasteiger partial charge < -0.3 is 41.9 Å². The normalized spacial score (nSPS) is 13.7. The Morgan fingerprint density at radius 1 is 0.682 bits per heavy atom. The number of nitrogens with one attached hydrogen (secondary N) is 5. The molecule has 230 valence electrons. The zero-order valence-electron chi connectivity index (χ0n) is 23.6. The average molecular weight is 603 g/mol. The number of hydrogen-bond acceptors (Lipinski definition) is 8. The molecule has 14 heteroatoms. The van der Waals surface area contributed by atoms with Crippen LogP contribution in [0, 0.1) is 0 Å². The number of nitrogens with zero attached hydrogens (tertiary/aromatic N) is 2. The zero-order chi connectivity index (χ0) is 31.5. The van der Waals surface area contributed by atoms with Gasteiger partial charge in [0, 0.05) is 49.5 Å². The number of aromatic hydroxyl groups is 1. The Balaban J connectivity index is 1.52. The molecule has 0 aliphatic heterocycles. The second-order valence-electron chi connectivity index (χ2n) is 10.3. The zero-order valence-corrected chi connectivity index (χ0v) is 23.6. The van der Waals surface area contributed by atoms with Crippen LogP contribution in [0.5, 0.6) is 5.75 Å². The number of nitrogens with two attached hydrogens (primary N) is 1. The molecule has 0 fully saturated rings. The van der Waals surface area contributed by atoms with Gasteiger partial charge in [-0.3, -0.25) is 14.4 Å². The summed E-state index contributed by atoms with van der Waals surface area (Å²) in [5.41, 5.74) is 8.58. The quantitative estimate of drug-likeness (QED) is 0.0912. The van der Waals surface area contributed by atoms with Crippen LogP contribution >= 0.6 is 0 Å². The van der Waals surface area contributed by atoms with Crippen molar-refractivity contribution in [2.45, 2.75) is 49.9 Å². The molecule has 2 heterocycles. The van der Waals surface area contributed by atoms with Gasteiger partial charge in [-0.25, -0.2) is 14.8 Å². The first-order valence-corrected chi connectivity index (χ1v) is 13.8. The van der Waals surface area contributed by atoms with E-state index in [1.165, 1.54) is 31.0 Å². The number of hydrogen-bond donors (Lipinski definition) is 8. The first-order chi connectivity index (χ1) is 21.2. The van der Waals surface area contributed by atoms with Crippen LogP contribution in [0.4, 0.5) is 0 Å². The monoisotopic (exact) mass is 602 g/mol. The number of H-pyrrole nitrogens is 2. The standard InChI is InChI=1S/C30H34N8O6/c31-23(12-20-14-32-16-34-20)27(40)36-25(13-21-15-33-17-35-21)29(42)37-24(10-18-4-2-1-3-5-18)28(41)38-26(30(43)44)11-19-6-8-22(39)9-7-19/h1-9,14-17,23-26,39H,10-13,31H2,(H,32,34)(H,33,35)(H,36,40)(H,37,42)(H,38,41)(H,43,44). The van der Waals surface area contributed by atoms with Gasteiger partial charge in [0.2, 0.25) is 17.7 Å². The summed E-state index contributed by atoms with van der Waals surface area (Å²) in [6.45, 7) is 0. The van der Waals surface area contributed by atoms with E-state index >= 15 is 0 Å². The van der Waals surface area contributed by atoms with E-state index in [-0.39, 0.29) is 31.4 Å². The lowest BCUT2D eigenvalue weighted by Crippen LogP contribution is -2.58. The largest absolute Gasteiger partial charge is 0.508 e. The van der Waals surface area contributed by atoms with Gasteiger partial charge in [0.1, 0.15) is 23.9 Å². The summed E-state index contributed by atoms with van der Waals surface area (Å²) in [6, 6.07) is 10.2. The number of carbonyl (C=O) groups is 4. The number of carboxylic acid groups (broad SMARTS) is 1. The number of benzene rings is 2. The van der Waals surface area contributed by atoms with Crippen LogP contribution in [0.3, 0.4) is 0 Å². The van der Waals surface area contributed by atoms with E-state index in [0.29, 0.717) is 22.5 Å². The second kappa shape index (κ2) is 15.1. The number of carbonyl (C=O) groups excluding carboxylic acids is 3. The van der Waals surface area contributed by atoms with Crippen LogP contribution in [0.15, 0.2) is 79.6 Å². The van der Waals surface area contributed by atoms with Gasteiger partial charge in [-0.05, 0) is 23.3 Å². The van der Waals surface area contributed by atoms with Gasteiger partial charge in [-0.15, -0.1) is 0 Å². The number of imidazole rings is 2. The Morgan fingerprint density at radius 2 is 1.18 bits per heavy atom. The van der Waals surface area contributed by atoms with Crippen LogP contribution < -0.4 is 21.7 Å². The highest BCUT2D eigenvalue weighted by atomic mass is 16.4. The van der Waals surface area contributed by atoms with Gasteiger partial charge >= 0.3 is 5.97 Å². The molecule has 44 heavy (non-hydrogen) atoms. The maximum Gasteiger partial charge on any atom is 0.326 e. The predicted octanol–water partition coefficient (Wildman–Crippen LogP) is -0.0247. The number of aromatic amines is 2. The third-order valence-electron chi connectivity index (χ3n) is 6.85. The summed E-state index contributed by atoms with van der Waals surface area (Å²) in [5, 5.41) is 27.3. The fraction of sp³-hybridized carbons (Fsp3) is 0.267. The minimum Gasteiger partial charge on any atom is -0.508 e. The van der Waals surface area contributed by atoms with E-state index < -0.39 is 47.9 Å². The molecule has 9 N–H and O–H groups in total. The van der Waals surface area contributed by atoms with Gasteiger partial charge in [0.25, 0.3) is 0 Å². The van der Waals surface area contributed by atoms with Crippen molar-refractivity contribution in [3.8, 4) is 5.75 Å². The van der Waals surface area contributed by atoms with Crippen molar-refractivity contribution in [2.24, 2.45) is 5.73 Å². The van der Waals surface area contributed by atoms with Crippen molar-refractivity contribution in [1.82, 2.24) is 35.9 Å². The van der Waals surface area contributed by atoms with Crippen molar-refractivity contribution >= 4 is 23.7 Å². The number of phenols is 1. The summed E-state index contributed by atoms with van der Waals surface area (Å²) in [7, 11) is 0. The minimum absolute atomic E-state index is 0.0205. The lowest BCUT2D eigenvalue weighted by atomic mass is 10.0. The SMILES string of the molecule is NC(Cc1cnc[nH]1)C(=O)NC(Cc1cnc[nH]1)C(=O)NC(Cc1ccccc1)C(=O)NC(Cc1ccc(O)cc1)C(=O)O. The Kier molecular flexibility index (Phi) is 10.8. The number of phenolic OH excluding ortho intramolecular Hbond substituents is 1. The molecular formula is C30H34N8O6. The fourth-order valence-corrected chi connectivity index (χ4v) is 4.50. The van der Waals surface area contributed by atoms with E-state index in [9.17, 15) is 29.4 Å². The molecule has 0 saturated heterocycles. The molecule has 4 atom stereocenters. The molecule has 0 saturated carbocycles. The van der Waals surface area contributed by atoms with E-state index in [1.54, 1.807) is 48.7 Å². The summed E-state index contributed by atoms with van der Waals surface area (Å²) < 4.78 is 0. The highest BCUT2D eigenvalue weighted by Gasteiger charge is 2.31. The smallest absolute Gasteiger partial charge is 0.326 e. The Morgan fingerprint density at radius 3 is 1.75 bits per heavy atom. The molecule has 0 radical (unpaired) electrons. The molecule has 14 nitrogen and oxygen atoms in total. The van der Waals surface area contributed by atoms with Gasteiger partial charge in [-0.1, -0.05) is 42.5 Å². The molecule has 4 unspecified atom stereocenters. The van der Waals surface area contributed by atoms with Crippen molar-refractivity contribution in [3.05, 3.63) is 102 Å². The maximum absolute atomic E-state index is 13.7. The average Bonchev–Trinajstić information content (AvgIpc) is 3.72. The van der Waals surface area contributed by atoms with E-state index in [0.717, 1.165) is 0 Å². The number of aromatic nitrogens is 4. The molecular weight excluding hydrogens is 568 g/mol. The highest BCUT2D eigenvalue weighted by Crippen LogP contribution is 2.12. The number of amides is 3. The Bertz CT molecular complexity index is 1510. The van der Waals surface area contributed by atoms with Gasteiger partial charge in [-0.2, -0.15) is 0 Å². The number of carboxylic acids is 1. The van der Waals surface area contributed by atoms with Crippen molar-refractivity contribution in [1.29, 1.82) is 0 Å². The number of aliphatic carboxylic acids is 1. The fourth-order valence-electron chi connectivity index (χ4n) is 4.50. The topological polar surface area (TPSA) is 228 Å². The molecule has 4 aromatic rings. The molecule has 3 amide bonds. The van der Waals surface area contributed by atoms with E-state index in [1.807, 2.05) is 0 Å². The van der Waals surface area contributed by atoms with Gasteiger partial charge in [0.05, 0.1) is 18.7 Å². The second-order valence-corrected chi connectivity index (χ2v) is 10.3. The summed E-state index contributed by atoms with van der Waals surface area (Å²) in [4.78, 5) is 65.9. The highest BCUT2D eigenvalue weighted by molar-refractivity contribution is 5.94. The third kappa shape index (κ3) is 9.25. The third-order valence-corrected chi connectivity index (χ3v) is 6.85.